The first-order valence-electron chi connectivity index (χ1n) is 4.41. The van der Waals surface area contributed by atoms with E-state index in [1.54, 1.807) is 0 Å². The fourth-order valence-electron chi connectivity index (χ4n) is 1.12. The van der Waals surface area contributed by atoms with E-state index < -0.39 is 47.4 Å². The Hall–Kier alpha value is 0.170. The van der Waals surface area contributed by atoms with Crippen molar-refractivity contribution in [3.8, 4) is 0 Å². The summed E-state index contributed by atoms with van der Waals surface area (Å²) in [6.07, 6.45) is 0. The van der Waals surface area contributed by atoms with Gasteiger partial charge >= 0.3 is 117 Å². The predicted octanol–water partition coefficient (Wildman–Crippen LogP) is 8.55. The second kappa shape index (κ2) is 5.09. The summed E-state index contributed by atoms with van der Waals surface area (Å²) in [6, 6.07) is 0. The van der Waals surface area contributed by atoms with Crippen LogP contribution in [0.5, 0.6) is 0 Å². The van der Waals surface area contributed by atoms with Gasteiger partial charge in [0.15, 0.2) is 0 Å². The van der Waals surface area contributed by atoms with Gasteiger partial charge in [-0.15, -0.1) is 0 Å². The first-order chi connectivity index (χ1) is 9.65. The van der Waals surface area contributed by atoms with E-state index in [0.29, 0.717) is 4.52 Å². The number of nitrogens with zero attached hydrogens (tertiary/aromatic N) is 3. The second-order valence-electron chi connectivity index (χ2n) is 3.66. The van der Waals surface area contributed by atoms with E-state index in [-0.39, 0.29) is 0 Å². The summed E-state index contributed by atoms with van der Waals surface area (Å²) in [7, 11) is -32.3. The molecule has 0 saturated heterocycles. The van der Waals surface area contributed by atoms with Crippen molar-refractivity contribution in [3.63, 3.8) is 0 Å². The molecule has 140 valence electrons. The Morgan fingerprint density at radius 2 is 1.09 bits per heavy atom. The molecule has 0 atom stereocenters. The Bertz CT molecular complexity index is 653. The number of rotatable bonds is 0. The van der Waals surface area contributed by atoms with Gasteiger partial charge < -0.3 is 0 Å². The Labute approximate surface area is 118 Å². The second-order valence-corrected chi connectivity index (χ2v) is 12.3. The van der Waals surface area contributed by atoms with Gasteiger partial charge in [0.05, 0.1) is 0 Å². The van der Waals surface area contributed by atoms with Crippen molar-refractivity contribution in [1.82, 2.24) is 4.86 Å². The minimum atomic E-state index is -10.0. The third-order valence-corrected chi connectivity index (χ3v) is 11.9. The van der Waals surface area contributed by atoms with E-state index in [1.807, 2.05) is 0 Å². The van der Waals surface area contributed by atoms with Crippen molar-refractivity contribution in [1.29, 1.82) is 0 Å². The zero-order valence-electron chi connectivity index (χ0n) is 9.54. The van der Waals surface area contributed by atoms with Crippen LogP contribution < -0.4 is 4.86 Å². The molecule has 1 aliphatic rings. The van der Waals surface area contributed by atoms with Crippen molar-refractivity contribution >= 4 is 30.7 Å². The molecule has 1 rings (SSSR count). The molecule has 0 aromatic carbocycles. The van der Waals surface area contributed by atoms with Crippen LogP contribution in [0.1, 0.15) is 0 Å². The summed E-state index contributed by atoms with van der Waals surface area (Å²) in [5.74, 6) is -14.9. The van der Waals surface area contributed by atoms with Crippen LogP contribution in [0.2, 0.25) is 0 Å². The van der Waals surface area contributed by atoms with Crippen LogP contribution in [0.25, 0.3) is 0 Å². The van der Waals surface area contributed by atoms with E-state index in [0.717, 1.165) is 9.03 Å². The number of alkyl halides is 6. The van der Waals surface area contributed by atoms with E-state index in [9.17, 15) is 55.7 Å². The fourth-order valence-corrected chi connectivity index (χ4v) is 10.6. The van der Waals surface area contributed by atoms with Gasteiger partial charge in [-0.25, -0.2) is 0 Å². The van der Waals surface area contributed by atoms with Gasteiger partial charge in [0.25, 0.3) is 0 Å². The molecule has 0 radical (unpaired) electrons. The SMILES string of the molecule is FC(F)(F)P1(F)(C(F)(F)F)N=P(F)(F)N=P(F)(F)N=P(F)(F)N1. The summed E-state index contributed by atoms with van der Waals surface area (Å²) in [5, 5.41) is 0. The zero-order chi connectivity index (χ0) is 18.8. The van der Waals surface area contributed by atoms with Crippen LogP contribution >= 0.6 is 30.7 Å². The molecule has 23 heavy (non-hydrogen) atoms. The third-order valence-electron chi connectivity index (χ3n) is 1.94. The van der Waals surface area contributed by atoms with Crippen LogP contribution in [0.3, 0.4) is 0 Å². The molecule has 1 heterocycles. The molecule has 4 nitrogen and oxygen atoms in total. The first kappa shape index (κ1) is 21.2. The topological polar surface area (TPSA) is 49.1 Å². The average Bonchev–Trinajstić information content (AvgIpc) is 2.03. The molecule has 0 unspecified atom stereocenters. The van der Waals surface area contributed by atoms with Crippen molar-refractivity contribution in [2.24, 2.45) is 13.5 Å². The molecule has 0 fully saturated rings. The van der Waals surface area contributed by atoms with Crippen molar-refractivity contribution in [3.05, 3.63) is 0 Å². The van der Waals surface area contributed by atoms with Crippen LogP contribution in [0, 0.1) is 0 Å². The Morgan fingerprint density at radius 3 is 1.43 bits per heavy atom. The summed E-state index contributed by atoms with van der Waals surface area (Å²) < 4.78 is 169. The Kier molecular flexibility index (Phi) is 4.70. The molecular formula is C2HF13N4P4. The van der Waals surface area contributed by atoms with Crippen LogP contribution in [-0.2, 0) is 0 Å². The van der Waals surface area contributed by atoms with Gasteiger partial charge in [-0.2, -0.15) is 0 Å². The first-order valence-corrected chi connectivity index (χ1v) is 11.0. The monoisotopic (exact) mass is 452 g/mol. The number of halogens is 13. The molecule has 0 saturated carbocycles. The third kappa shape index (κ3) is 3.58. The zero-order valence-corrected chi connectivity index (χ0v) is 13.1. The van der Waals surface area contributed by atoms with E-state index in [2.05, 4.69) is 0 Å². The van der Waals surface area contributed by atoms with Gasteiger partial charge in [-0.1, -0.05) is 0 Å². The maximum atomic E-state index is 14.0. The molecule has 1 aliphatic heterocycles. The van der Waals surface area contributed by atoms with E-state index in [1.165, 1.54) is 0 Å². The Morgan fingerprint density at radius 1 is 0.696 bits per heavy atom. The summed E-state index contributed by atoms with van der Waals surface area (Å²) in [5.41, 5.74) is 0. The van der Waals surface area contributed by atoms with Crippen molar-refractivity contribution in [2.75, 3.05) is 0 Å². The normalized spacial score (nSPS) is 30.2. The minimum absolute atomic E-state index is 0.515. The molecule has 1 N–H and O–H groups in total. The molecule has 0 amide bonds. The standard InChI is InChI=1S/C2HF13N4P4/c3-1(4,5)23(15,2(6,7)8)18-21(11,12)16-20(9,10)17-22(13,14)19-23/h18H. The Balaban J connectivity index is 4.15. The van der Waals surface area contributed by atoms with Gasteiger partial charge in [0.2, 0.25) is 0 Å². The molecular weight excluding hydrogens is 451 g/mol. The van der Waals surface area contributed by atoms with Crippen LogP contribution in [0.15, 0.2) is 13.5 Å². The molecule has 0 bridgehead atoms. The molecule has 0 spiro atoms. The summed E-state index contributed by atoms with van der Waals surface area (Å²) >= 11 is 0. The number of hydrogen-bond donors (Lipinski definition) is 1. The number of nitrogens with one attached hydrogen (secondary N) is 1. The number of hydrogen-bond acceptors (Lipinski definition) is 4. The van der Waals surface area contributed by atoms with Gasteiger partial charge in [0, 0.05) is 0 Å². The van der Waals surface area contributed by atoms with Gasteiger partial charge in [0.1, 0.15) is 0 Å². The van der Waals surface area contributed by atoms with Gasteiger partial charge in [-0.3, -0.25) is 0 Å². The van der Waals surface area contributed by atoms with Crippen molar-refractivity contribution in [2.45, 2.75) is 11.8 Å². The van der Waals surface area contributed by atoms with Crippen LogP contribution in [0.4, 0.5) is 55.7 Å². The van der Waals surface area contributed by atoms with E-state index in [4.69, 9.17) is 0 Å². The average molecular weight is 452 g/mol. The predicted molar refractivity (Wildman–Crippen MR) is 58.0 cm³/mol. The fraction of sp³-hybridized carbons (Fsp3) is 1.00. The summed E-state index contributed by atoms with van der Waals surface area (Å²) in [4.78, 5) is -1.03. The van der Waals surface area contributed by atoms with Gasteiger partial charge in [-0.05, 0) is 0 Å². The summed E-state index contributed by atoms with van der Waals surface area (Å²) in [6.45, 7) is 0. The van der Waals surface area contributed by atoms with E-state index >= 15 is 0 Å². The molecule has 0 aromatic heterocycles. The quantitative estimate of drug-likeness (QED) is 0.291. The molecule has 0 aromatic rings. The van der Waals surface area contributed by atoms with Crippen molar-refractivity contribution < 1.29 is 55.7 Å². The van der Waals surface area contributed by atoms with Crippen LogP contribution in [-0.4, -0.2) is 11.8 Å². The molecule has 21 heteroatoms. The maximum absolute atomic E-state index is 14.0. The molecule has 0 aliphatic carbocycles.